The summed E-state index contributed by atoms with van der Waals surface area (Å²) in [7, 11) is 0. The molecule has 0 saturated carbocycles. The van der Waals surface area contributed by atoms with Crippen molar-refractivity contribution in [1.82, 2.24) is 0 Å². The van der Waals surface area contributed by atoms with E-state index >= 15 is 0 Å². The Morgan fingerprint density at radius 3 is 2.46 bits per heavy atom. The number of rotatable bonds is 3. The Labute approximate surface area is 77.2 Å². The Bertz CT molecular complexity index is 282. The minimum atomic E-state index is -1.29. The van der Waals surface area contributed by atoms with Gasteiger partial charge in [0.2, 0.25) is 0 Å². The van der Waals surface area contributed by atoms with E-state index in [1.165, 1.54) is 6.92 Å². The summed E-state index contributed by atoms with van der Waals surface area (Å²) >= 11 is 0. The molecule has 1 aromatic rings. The molecule has 0 radical (unpaired) electrons. The minimum Gasteiger partial charge on any atom is -0.383 e. The van der Waals surface area contributed by atoms with E-state index in [0.29, 0.717) is 11.8 Å². The van der Waals surface area contributed by atoms with E-state index in [1.54, 1.807) is 24.3 Å². The highest BCUT2D eigenvalue weighted by molar-refractivity contribution is 5.60. The fourth-order valence-electron chi connectivity index (χ4n) is 1.10. The second-order valence-corrected chi connectivity index (χ2v) is 3.18. The van der Waals surface area contributed by atoms with Crippen LogP contribution in [0.25, 0.3) is 0 Å². The number of carbonyl (C=O) groups is 1. The number of carbonyl (C=O) groups excluding carboxylic acids is 1. The first-order valence-electron chi connectivity index (χ1n) is 4.08. The Morgan fingerprint density at radius 1 is 1.46 bits per heavy atom. The Morgan fingerprint density at radius 2 is 2.00 bits per heavy atom. The van der Waals surface area contributed by atoms with Crippen molar-refractivity contribution in [3.63, 3.8) is 0 Å². The van der Waals surface area contributed by atoms with Gasteiger partial charge in [0, 0.05) is 0 Å². The van der Waals surface area contributed by atoms with Crippen molar-refractivity contribution in [2.45, 2.75) is 18.6 Å². The molecule has 1 rings (SSSR count). The molecular formula is C10H13NO2. The average Bonchev–Trinajstić information content (AvgIpc) is 2.18. The lowest BCUT2D eigenvalue weighted by Gasteiger charge is -2.26. The van der Waals surface area contributed by atoms with Crippen molar-refractivity contribution in [3.05, 3.63) is 35.9 Å². The number of hydrogen-bond donors (Lipinski definition) is 2. The fourth-order valence-corrected chi connectivity index (χ4v) is 1.10. The number of aliphatic hydroxyl groups is 1. The first-order chi connectivity index (χ1) is 6.09. The average molecular weight is 179 g/mol. The van der Waals surface area contributed by atoms with E-state index < -0.39 is 11.6 Å². The first kappa shape index (κ1) is 9.89. The van der Waals surface area contributed by atoms with Crippen LogP contribution in [0, 0.1) is 0 Å². The zero-order valence-electron chi connectivity index (χ0n) is 7.47. The molecule has 3 N–H and O–H groups in total. The predicted octanol–water partition coefficient (Wildman–Crippen LogP) is 0.420. The molecule has 0 unspecified atom stereocenters. The normalized spacial score (nSPS) is 17.5. The van der Waals surface area contributed by atoms with Crippen molar-refractivity contribution in [2.24, 2.45) is 5.73 Å². The number of benzene rings is 1. The molecule has 0 saturated heterocycles. The molecule has 0 fully saturated rings. The van der Waals surface area contributed by atoms with Crippen molar-refractivity contribution in [2.75, 3.05) is 0 Å². The lowest BCUT2D eigenvalue weighted by Crippen LogP contribution is -2.44. The van der Waals surface area contributed by atoms with Gasteiger partial charge in [0.1, 0.15) is 11.9 Å². The predicted molar refractivity (Wildman–Crippen MR) is 50.1 cm³/mol. The Hall–Kier alpha value is -1.19. The summed E-state index contributed by atoms with van der Waals surface area (Å²) in [5.74, 6) is 0. The van der Waals surface area contributed by atoms with Gasteiger partial charge in [0.05, 0.1) is 6.04 Å². The lowest BCUT2D eigenvalue weighted by molar-refractivity contribution is -0.114. The molecule has 0 aliphatic carbocycles. The molecule has 3 nitrogen and oxygen atoms in total. The molecule has 2 atom stereocenters. The van der Waals surface area contributed by atoms with Gasteiger partial charge in [-0.05, 0) is 12.5 Å². The molecule has 13 heavy (non-hydrogen) atoms. The first-order valence-corrected chi connectivity index (χ1v) is 4.08. The van der Waals surface area contributed by atoms with Crippen LogP contribution in [0.15, 0.2) is 30.3 Å². The van der Waals surface area contributed by atoms with Gasteiger partial charge in [-0.25, -0.2) is 0 Å². The standard InChI is InChI=1S/C10H13NO2/c1-10(13,9(11)7-12)8-5-3-2-4-6-8/h2-7,9,13H,11H2,1H3/t9-,10-/m1/s1. The summed E-state index contributed by atoms with van der Waals surface area (Å²) in [4.78, 5) is 10.4. The quantitative estimate of drug-likeness (QED) is 0.661. The third-order valence-corrected chi connectivity index (χ3v) is 2.15. The largest absolute Gasteiger partial charge is 0.383 e. The highest BCUT2D eigenvalue weighted by Crippen LogP contribution is 2.21. The summed E-state index contributed by atoms with van der Waals surface area (Å²) < 4.78 is 0. The van der Waals surface area contributed by atoms with Gasteiger partial charge in [-0.2, -0.15) is 0 Å². The van der Waals surface area contributed by atoms with Gasteiger partial charge in [0.25, 0.3) is 0 Å². The molecule has 3 heteroatoms. The summed E-state index contributed by atoms with van der Waals surface area (Å²) in [5.41, 5.74) is 4.82. The number of nitrogens with two attached hydrogens (primary N) is 1. The zero-order valence-corrected chi connectivity index (χ0v) is 7.47. The molecule has 0 aliphatic rings. The highest BCUT2D eigenvalue weighted by Gasteiger charge is 2.30. The molecule has 0 aliphatic heterocycles. The lowest BCUT2D eigenvalue weighted by atomic mass is 9.89. The topological polar surface area (TPSA) is 63.3 Å². The van der Waals surface area contributed by atoms with Gasteiger partial charge < -0.3 is 15.6 Å². The third kappa shape index (κ3) is 1.94. The Kier molecular flexibility index (Phi) is 2.80. The van der Waals surface area contributed by atoms with Crippen molar-refractivity contribution < 1.29 is 9.90 Å². The van der Waals surface area contributed by atoms with E-state index in [0.717, 1.165) is 0 Å². The molecular weight excluding hydrogens is 166 g/mol. The maximum Gasteiger partial charge on any atom is 0.139 e. The SMILES string of the molecule is C[C@@](O)(c1ccccc1)[C@H](N)C=O. The third-order valence-electron chi connectivity index (χ3n) is 2.15. The number of aldehydes is 1. The summed E-state index contributed by atoms with van der Waals surface area (Å²) in [6.45, 7) is 1.53. The monoisotopic (exact) mass is 179 g/mol. The highest BCUT2D eigenvalue weighted by atomic mass is 16.3. The summed E-state index contributed by atoms with van der Waals surface area (Å²) in [6.07, 6.45) is 0.549. The van der Waals surface area contributed by atoms with Crippen LogP contribution in [-0.2, 0) is 10.4 Å². The summed E-state index contributed by atoms with van der Waals surface area (Å²) in [6, 6.07) is 8.01. The van der Waals surface area contributed by atoms with Crippen LogP contribution >= 0.6 is 0 Å². The fraction of sp³-hybridized carbons (Fsp3) is 0.300. The van der Waals surface area contributed by atoms with Crippen LogP contribution in [0.3, 0.4) is 0 Å². The second-order valence-electron chi connectivity index (χ2n) is 3.18. The van der Waals surface area contributed by atoms with Gasteiger partial charge in [-0.1, -0.05) is 30.3 Å². The van der Waals surface area contributed by atoms with Gasteiger partial charge in [0.15, 0.2) is 0 Å². The number of hydrogen-bond acceptors (Lipinski definition) is 3. The van der Waals surface area contributed by atoms with Crippen LogP contribution in [-0.4, -0.2) is 17.4 Å². The van der Waals surface area contributed by atoms with Crippen LogP contribution < -0.4 is 5.73 Å². The summed E-state index contributed by atoms with van der Waals surface area (Å²) in [5, 5.41) is 9.90. The van der Waals surface area contributed by atoms with Crippen LogP contribution in [0.1, 0.15) is 12.5 Å². The van der Waals surface area contributed by atoms with Crippen LogP contribution in [0.5, 0.6) is 0 Å². The Balaban J connectivity index is 3.00. The van der Waals surface area contributed by atoms with Crippen molar-refractivity contribution >= 4 is 6.29 Å². The molecule has 0 aromatic heterocycles. The van der Waals surface area contributed by atoms with Crippen molar-refractivity contribution in [1.29, 1.82) is 0 Å². The molecule has 1 aromatic carbocycles. The molecule has 70 valence electrons. The van der Waals surface area contributed by atoms with E-state index in [4.69, 9.17) is 5.73 Å². The zero-order chi connectivity index (χ0) is 9.90. The maximum absolute atomic E-state index is 10.4. The molecule has 0 amide bonds. The van der Waals surface area contributed by atoms with Gasteiger partial charge in [-0.15, -0.1) is 0 Å². The van der Waals surface area contributed by atoms with E-state index in [9.17, 15) is 9.90 Å². The van der Waals surface area contributed by atoms with Crippen molar-refractivity contribution in [3.8, 4) is 0 Å². The molecule has 0 heterocycles. The van der Waals surface area contributed by atoms with E-state index in [1.807, 2.05) is 6.07 Å². The van der Waals surface area contributed by atoms with Crippen LogP contribution in [0.4, 0.5) is 0 Å². The molecule has 0 bridgehead atoms. The molecule has 0 spiro atoms. The minimum absolute atomic E-state index is 0.549. The van der Waals surface area contributed by atoms with Gasteiger partial charge >= 0.3 is 0 Å². The van der Waals surface area contributed by atoms with Crippen LogP contribution in [0.2, 0.25) is 0 Å². The maximum atomic E-state index is 10.4. The van der Waals surface area contributed by atoms with Gasteiger partial charge in [-0.3, -0.25) is 0 Å². The van der Waals surface area contributed by atoms with E-state index in [-0.39, 0.29) is 0 Å². The smallest absolute Gasteiger partial charge is 0.139 e. The van der Waals surface area contributed by atoms with E-state index in [2.05, 4.69) is 0 Å². The second kappa shape index (κ2) is 3.68.